The molecule has 5 nitrogen and oxygen atoms in total. The molecular formula is C15H26N2O3. The molecule has 2 atom stereocenters. The van der Waals surface area contributed by atoms with Crippen molar-refractivity contribution in [2.45, 2.75) is 58.0 Å². The standard InChI is InChI=1S/C15H26N2O3/c1-3-16(4-2)14(18)10-17-12-5-6-13(17)8-11(7-12)9-15(19)20/h11-13H,3-10H2,1-2H3,(H,19,20). The van der Waals surface area contributed by atoms with Gasteiger partial charge in [-0.05, 0) is 45.4 Å². The summed E-state index contributed by atoms with van der Waals surface area (Å²) < 4.78 is 0. The Hall–Kier alpha value is -1.10. The van der Waals surface area contributed by atoms with E-state index >= 15 is 0 Å². The predicted molar refractivity (Wildman–Crippen MR) is 76.4 cm³/mol. The number of nitrogens with zero attached hydrogens (tertiary/aromatic N) is 2. The van der Waals surface area contributed by atoms with Gasteiger partial charge < -0.3 is 10.0 Å². The summed E-state index contributed by atoms with van der Waals surface area (Å²) in [5, 5.41) is 8.93. The van der Waals surface area contributed by atoms with Crippen LogP contribution >= 0.6 is 0 Å². The molecule has 2 fully saturated rings. The van der Waals surface area contributed by atoms with Crippen LogP contribution in [0.3, 0.4) is 0 Å². The van der Waals surface area contributed by atoms with Gasteiger partial charge in [0, 0.05) is 31.6 Å². The maximum absolute atomic E-state index is 12.2. The number of carbonyl (C=O) groups excluding carboxylic acids is 1. The Kier molecular flexibility index (Phi) is 5.02. The van der Waals surface area contributed by atoms with Gasteiger partial charge in [-0.25, -0.2) is 0 Å². The molecule has 0 aromatic carbocycles. The maximum Gasteiger partial charge on any atom is 0.303 e. The number of hydrogen-bond donors (Lipinski definition) is 1. The van der Waals surface area contributed by atoms with E-state index in [0.717, 1.165) is 38.8 Å². The first kappa shape index (κ1) is 15.3. The average molecular weight is 282 g/mol. The first-order chi connectivity index (χ1) is 9.55. The molecule has 1 N–H and O–H groups in total. The molecule has 2 unspecified atom stereocenters. The highest BCUT2D eigenvalue weighted by atomic mass is 16.4. The van der Waals surface area contributed by atoms with Crippen molar-refractivity contribution < 1.29 is 14.7 Å². The van der Waals surface area contributed by atoms with E-state index in [1.165, 1.54) is 0 Å². The van der Waals surface area contributed by atoms with Crippen LogP contribution < -0.4 is 0 Å². The van der Waals surface area contributed by atoms with Crippen LogP contribution in [-0.4, -0.2) is 58.5 Å². The predicted octanol–water partition coefficient (Wildman–Crippen LogP) is 1.57. The van der Waals surface area contributed by atoms with E-state index in [9.17, 15) is 9.59 Å². The van der Waals surface area contributed by atoms with Gasteiger partial charge in [0.15, 0.2) is 0 Å². The van der Waals surface area contributed by atoms with Crippen molar-refractivity contribution in [2.24, 2.45) is 5.92 Å². The summed E-state index contributed by atoms with van der Waals surface area (Å²) in [6, 6.07) is 0.829. The SMILES string of the molecule is CCN(CC)C(=O)CN1C2CCC1CC(CC(=O)O)C2. The molecule has 2 bridgehead atoms. The van der Waals surface area contributed by atoms with Crippen LogP contribution in [0.4, 0.5) is 0 Å². The first-order valence-electron chi connectivity index (χ1n) is 7.80. The van der Waals surface area contributed by atoms with Crippen molar-refractivity contribution in [3.05, 3.63) is 0 Å². The van der Waals surface area contributed by atoms with Gasteiger partial charge in [0.05, 0.1) is 6.54 Å². The number of fused-ring (bicyclic) bond motifs is 2. The normalized spacial score (nSPS) is 29.4. The summed E-state index contributed by atoms with van der Waals surface area (Å²) in [6.45, 7) is 6.06. The van der Waals surface area contributed by atoms with Crippen LogP contribution in [0.15, 0.2) is 0 Å². The van der Waals surface area contributed by atoms with Crippen molar-refractivity contribution in [2.75, 3.05) is 19.6 Å². The highest BCUT2D eigenvalue weighted by Crippen LogP contribution is 2.39. The highest BCUT2D eigenvalue weighted by Gasteiger charge is 2.41. The monoisotopic (exact) mass is 282 g/mol. The van der Waals surface area contributed by atoms with Crippen molar-refractivity contribution in [1.29, 1.82) is 0 Å². The fourth-order valence-corrected chi connectivity index (χ4v) is 3.89. The molecule has 0 aliphatic carbocycles. The Morgan fingerprint density at radius 3 is 2.15 bits per heavy atom. The van der Waals surface area contributed by atoms with Crippen molar-refractivity contribution >= 4 is 11.9 Å². The fourth-order valence-electron chi connectivity index (χ4n) is 3.89. The van der Waals surface area contributed by atoms with E-state index in [1.54, 1.807) is 0 Å². The molecule has 0 saturated carbocycles. The van der Waals surface area contributed by atoms with Gasteiger partial charge >= 0.3 is 5.97 Å². The molecule has 5 heteroatoms. The number of piperidine rings is 1. The van der Waals surface area contributed by atoms with E-state index in [-0.39, 0.29) is 12.3 Å². The number of hydrogen-bond acceptors (Lipinski definition) is 3. The molecule has 0 spiro atoms. The van der Waals surface area contributed by atoms with E-state index < -0.39 is 5.97 Å². The molecule has 1 amide bonds. The van der Waals surface area contributed by atoms with E-state index in [0.29, 0.717) is 24.5 Å². The van der Waals surface area contributed by atoms with Gasteiger partial charge in [0.25, 0.3) is 0 Å². The van der Waals surface area contributed by atoms with E-state index in [1.807, 2.05) is 18.7 Å². The minimum atomic E-state index is -0.693. The zero-order chi connectivity index (χ0) is 14.7. The zero-order valence-electron chi connectivity index (χ0n) is 12.5. The molecule has 2 aliphatic rings. The fraction of sp³-hybridized carbons (Fsp3) is 0.867. The Morgan fingerprint density at radius 1 is 1.15 bits per heavy atom. The molecule has 20 heavy (non-hydrogen) atoms. The van der Waals surface area contributed by atoms with Crippen LogP contribution in [0, 0.1) is 5.92 Å². The van der Waals surface area contributed by atoms with Gasteiger partial charge in [-0.1, -0.05) is 0 Å². The third kappa shape index (κ3) is 3.32. The quantitative estimate of drug-likeness (QED) is 0.803. The largest absolute Gasteiger partial charge is 0.481 e. The lowest BCUT2D eigenvalue weighted by Crippen LogP contribution is -2.49. The van der Waals surface area contributed by atoms with Gasteiger partial charge in [0.1, 0.15) is 0 Å². The van der Waals surface area contributed by atoms with Crippen LogP contribution in [0.2, 0.25) is 0 Å². The smallest absolute Gasteiger partial charge is 0.303 e. The van der Waals surface area contributed by atoms with E-state index in [4.69, 9.17) is 5.11 Å². The minimum absolute atomic E-state index is 0.212. The summed E-state index contributed by atoms with van der Waals surface area (Å²) in [4.78, 5) is 27.3. The molecule has 0 aromatic heterocycles. The van der Waals surface area contributed by atoms with Gasteiger partial charge in [-0.2, -0.15) is 0 Å². The van der Waals surface area contributed by atoms with Crippen LogP contribution in [-0.2, 0) is 9.59 Å². The average Bonchev–Trinajstić information content (AvgIpc) is 2.62. The molecular weight excluding hydrogens is 256 g/mol. The number of carboxylic acid groups (broad SMARTS) is 1. The second-order valence-corrected chi connectivity index (χ2v) is 6.06. The molecule has 2 aliphatic heterocycles. The van der Waals surface area contributed by atoms with Crippen LogP contribution in [0.5, 0.6) is 0 Å². The third-order valence-electron chi connectivity index (χ3n) is 4.88. The molecule has 0 aromatic rings. The Morgan fingerprint density at radius 2 is 1.70 bits per heavy atom. The number of amides is 1. The number of carboxylic acids is 1. The molecule has 0 radical (unpaired) electrons. The molecule has 2 saturated heterocycles. The lowest BCUT2D eigenvalue weighted by atomic mass is 9.88. The third-order valence-corrected chi connectivity index (χ3v) is 4.88. The highest BCUT2D eigenvalue weighted by molar-refractivity contribution is 5.78. The van der Waals surface area contributed by atoms with Gasteiger partial charge in [-0.3, -0.25) is 14.5 Å². The summed E-state index contributed by atoms with van der Waals surface area (Å²) >= 11 is 0. The Labute approximate surface area is 120 Å². The lowest BCUT2D eigenvalue weighted by Gasteiger charge is -2.39. The van der Waals surface area contributed by atoms with Crippen LogP contribution in [0.25, 0.3) is 0 Å². The summed E-state index contributed by atoms with van der Waals surface area (Å²) in [5.41, 5.74) is 0. The second kappa shape index (κ2) is 6.57. The maximum atomic E-state index is 12.2. The number of likely N-dealkylation sites (N-methyl/N-ethyl adjacent to an activating group) is 1. The Balaban J connectivity index is 1.92. The summed E-state index contributed by atoms with van der Waals surface area (Å²) in [7, 11) is 0. The Bertz CT molecular complexity index is 354. The molecule has 114 valence electrons. The topological polar surface area (TPSA) is 60.9 Å². The summed E-state index contributed by atoms with van der Waals surface area (Å²) in [6.07, 6.45) is 4.39. The van der Waals surface area contributed by atoms with Crippen molar-refractivity contribution in [1.82, 2.24) is 9.80 Å². The first-order valence-corrected chi connectivity index (χ1v) is 7.80. The van der Waals surface area contributed by atoms with Gasteiger partial charge in [0.2, 0.25) is 5.91 Å². The number of rotatable bonds is 6. The zero-order valence-corrected chi connectivity index (χ0v) is 12.5. The molecule has 2 rings (SSSR count). The lowest BCUT2D eigenvalue weighted by molar-refractivity contribution is -0.139. The second-order valence-electron chi connectivity index (χ2n) is 6.06. The number of aliphatic carboxylic acids is 1. The minimum Gasteiger partial charge on any atom is -0.481 e. The van der Waals surface area contributed by atoms with Crippen LogP contribution in [0.1, 0.15) is 46.0 Å². The van der Waals surface area contributed by atoms with E-state index in [2.05, 4.69) is 4.90 Å². The number of carbonyl (C=O) groups is 2. The summed E-state index contributed by atoms with van der Waals surface area (Å²) in [5.74, 6) is -0.185. The van der Waals surface area contributed by atoms with Crippen molar-refractivity contribution in [3.8, 4) is 0 Å². The molecule has 2 heterocycles. The van der Waals surface area contributed by atoms with Gasteiger partial charge in [-0.15, -0.1) is 0 Å². The van der Waals surface area contributed by atoms with Crippen molar-refractivity contribution in [3.63, 3.8) is 0 Å².